The smallest absolute Gasteiger partial charge is 0.332 e. The van der Waals surface area contributed by atoms with Gasteiger partial charge in [-0.25, -0.2) is 4.79 Å². The van der Waals surface area contributed by atoms with Gasteiger partial charge in [-0.05, 0) is 31.2 Å². The molecule has 0 aliphatic rings. The van der Waals surface area contributed by atoms with E-state index < -0.39 is 11.9 Å². The molecule has 1 N–H and O–H groups in total. The van der Waals surface area contributed by atoms with E-state index in [0.717, 1.165) is 0 Å². The Bertz CT molecular complexity index is 672. The van der Waals surface area contributed by atoms with E-state index in [1.165, 1.54) is 0 Å². The van der Waals surface area contributed by atoms with Crippen molar-refractivity contribution in [3.05, 3.63) is 54.6 Å². The lowest BCUT2D eigenvalue weighted by atomic mass is 10.3. The zero-order valence-electron chi connectivity index (χ0n) is 13.4. The average Bonchev–Trinajstić information content (AvgIpc) is 2.61. The van der Waals surface area contributed by atoms with Crippen LogP contribution < -0.4 is 10.1 Å². The number of esters is 1. The van der Waals surface area contributed by atoms with Crippen LogP contribution in [0.3, 0.4) is 0 Å². The molecule has 126 valence electrons. The quantitative estimate of drug-likeness (QED) is 0.754. The lowest BCUT2D eigenvalue weighted by Gasteiger charge is -2.12. The Hall–Kier alpha value is -2.86. The van der Waals surface area contributed by atoms with E-state index in [-0.39, 0.29) is 13.2 Å². The first-order valence-electron chi connectivity index (χ1n) is 7.54. The molecular weight excluding hydrogens is 310 g/mol. The van der Waals surface area contributed by atoms with E-state index in [0.29, 0.717) is 23.8 Å². The lowest BCUT2D eigenvalue weighted by molar-refractivity contribution is -0.151. The molecule has 0 radical (unpaired) electrons. The third kappa shape index (κ3) is 5.73. The van der Waals surface area contributed by atoms with Gasteiger partial charge in [0.25, 0.3) is 5.91 Å². The van der Waals surface area contributed by atoms with Crippen molar-refractivity contribution in [2.75, 3.05) is 25.1 Å². The molecule has 0 aliphatic carbocycles. The van der Waals surface area contributed by atoms with E-state index in [2.05, 4.69) is 5.32 Å². The van der Waals surface area contributed by atoms with Gasteiger partial charge in [0.2, 0.25) is 0 Å². The maximum absolute atomic E-state index is 11.9. The number of nitrogens with one attached hydrogen (secondary N) is 1. The fourth-order valence-corrected chi connectivity index (χ4v) is 1.83. The van der Waals surface area contributed by atoms with Gasteiger partial charge in [-0.1, -0.05) is 30.3 Å². The molecule has 0 bridgehead atoms. The van der Waals surface area contributed by atoms with Crippen LogP contribution in [0.4, 0.5) is 5.69 Å². The molecular formula is C18H19NO5. The van der Waals surface area contributed by atoms with Crippen LogP contribution in [0.15, 0.2) is 54.6 Å². The van der Waals surface area contributed by atoms with Gasteiger partial charge >= 0.3 is 5.97 Å². The number of anilines is 1. The van der Waals surface area contributed by atoms with Crippen molar-refractivity contribution in [2.45, 2.75) is 6.92 Å². The van der Waals surface area contributed by atoms with Gasteiger partial charge < -0.3 is 19.5 Å². The molecule has 24 heavy (non-hydrogen) atoms. The summed E-state index contributed by atoms with van der Waals surface area (Å²) in [7, 11) is 0. The molecule has 0 aromatic heterocycles. The minimum Gasteiger partial charge on any atom is -0.455 e. The van der Waals surface area contributed by atoms with Crippen molar-refractivity contribution < 1.29 is 23.8 Å². The third-order valence-electron chi connectivity index (χ3n) is 2.92. The van der Waals surface area contributed by atoms with E-state index in [1.54, 1.807) is 31.2 Å². The minimum atomic E-state index is -0.583. The number of hydrogen-bond donors (Lipinski definition) is 1. The molecule has 0 heterocycles. The fraction of sp³-hybridized carbons (Fsp3) is 0.222. The monoisotopic (exact) mass is 329 g/mol. The highest BCUT2D eigenvalue weighted by molar-refractivity contribution is 5.94. The zero-order valence-corrected chi connectivity index (χ0v) is 13.4. The van der Waals surface area contributed by atoms with Crippen LogP contribution in [-0.4, -0.2) is 31.7 Å². The first kappa shape index (κ1) is 17.5. The van der Waals surface area contributed by atoms with Crippen molar-refractivity contribution in [1.29, 1.82) is 0 Å². The van der Waals surface area contributed by atoms with E-state index in [9.17, 15) is 9.59 Å². The molecule has 2 aromatic carbocycles. The highest BCUT2D eigenvalue weighted by Crippen LogP contribution is 2.28. The molecule has 0 spiro atoms. The predicted molar refractivity (Wildman–Crippen MR) is 89.0 cm³/mol. The Morgan fingerprint density at radius 1 is 0.958 bits per heavy atom. The molecule has 0 aliphatic heterocycles. The highest BCUT2D eigenvalue weighted by atomic mass is 16.6. The molecule has 0 saturated heterocycles. The SMILES string of the molecule is CCOCC(=O)OCC(=O)Nc1ccccc1Oc1ccccc1. The third-order valence-corrected chi connectivity index (χ3v) is 2.92. The molecule has 6 nitrogen and oxygen atoms in total. The van der Waals surface area contributed by atoms with Crippen LogP contribution >= 0.6 is 0 Å². The Labute approximate surface area is 140 Å². The first-order chi connectivity index (χ1) is 11.7. The second-order valence-electron chi connectivity index (χ2n) is 4.76. The van der Waals surface area contributed by atoms with Gasteiger partial charge in [0.15, 0.2) is 12.4 Å². The number of ether oxygens (including phenoxy) is 3. The van der Waals surface area contributed by atoms with Crippen LogP contribution in [0.1, 0.15) is 6.92 Å². The Morgan fingerprint density at radius 2 is 1.67 bits per heavy atom. The van der Waals surface area contributed by atoms with Gasteiger partial charge in [0.05, 0.1) is 5.69 Å². The molecule has 2 aromatic rings. The number of carbonyl (C=O) groups excluding carboxylic acids is 2. The predicted octanol–water partition coefficient (Wildman–Crippen LogP) is 3.00. The normalized spacial score (nSPS) is 10.0. The standard InChI is InChI=1S/C18H19NO5/c1-2-22-13-18(21)23-12-17(20)19-15-10-6-7-11-16(15)24-14-8-4-3-5-9-14/h3-11H,2,12-13H2,1H3,(H,19,20). The molecule has 0 fully saturated rings. The van der Waals surface area contributed by atoms with Gasteiger partial charge in [0, 0.05) is 6.61 Å². The molecule has 2 rings (SSSR count). The lowest BCUT2D eigenvalue weighted by Crippen LogP contribution is -2.23. The van der Waals surface area contributed by atoms with Crippen LogP contribution in [-0.2, 0) is 19.1 Å². The highest BCUT2D eigenvalue weighted by Gasteiger charge is 2.11. The molecule has 0 unspecified atom stereocenters. The van der Waals surface area contributed by atoms with Crippen molar-refractivity contribution in [3.63, 3.8) is 0 Å². The summed E-state index contributed by atoms with van der Waals surface area (Å²) in [4.78, 5) is 23.2. The Kier molecular flexibility index (Phi) is 6.79. The summed E-state index contributed by atoms with van der Waals surface area (Å²) in [5.41, 5.74) is 0.493. The maximum Gasteiger partial charge on any atom is 0.332 e. The van der Waals surface area contributed by atoms with Gasteiger partial charge in [-0.2, -0.15) is 0 Å². The minimum absolute atomic E-state index is 0.169. The molecule has 0 saturated carbocycles. The van der Waals surface area contributed by atoms with Crippen LogP contribution in [0, 0.1) is 0 Å². The average molecular weight is 329 g/mol. The maximum atomic E-state index is 11.9. The van der Waals surface area contributed by atoms with Crippen LogP contribution in [0.25, 0.3) is 0 Å². The summed E-state index contributed by atoms with van der Waals surface area (Å²) in [6.07, 6.45) is 0. The number of para-hydroxylation sites is 3. The van der Waals surface area contributed by atoms with Crippen molar-refractivity contribution in [2.24, 2.45) is 0 Å². The summed E-state index contributed by atoms with van der Waals surface area (Å²) < 4.78 is 15.5. The Balaban J connectivity index is 1.92. The summed E-state index contributed by atoms with van der Waals surface area (Å²) in [6.45, 7) is 1.62. The van der Waals surface area contributed by atoms with Crippen molar-refractivity contribution in [3.8, 4) is 11.5 Å². The molecule has 1 amide bonds. The van der Waals surface area contributed by atoms with Gasteiger partial charge in [-0.15, -0.1) is 0 Å². The number of rotatable bonds is 8. The second kappa shape index (κ2) is 9.32. The van der Waals surface area contributed by atoms with Crippen molar-refractivity contribution >= 4 is 17.6 Å². The van der Waals surface area contributed by atoms with Gasteiger partial charge in [0.1, 0.15) is 12.4 Å². The van der Waals surface area contributed by atoms with Gasteiger partial charge in [-0.3, -0.25) is 4.79 Å². The second-order valence-corrected chi connectivity index (χ2v) is 4.76. The number of hydrogen-bond acceptors (Lipinski definition) is 5. The summed E-state index contributed by atoms with van der Waals surface area (Å²) >= 11 is 0. The Morgan fingerprint density at radius 3 is 2.42 bits per heavy atom. The molecule has 6 heteroatoms. The number of amides is 1. The number of benzene rings is 2. The van der Waals surface area contributed by atoms with E-state index >= 15 is 0 Å². The largest absolute Gasteiger partial charge is 0.455 e. The zero-order chi connectivity index (χ0) is 17.2. The first-order valence-corrected chi connectivity index (χ1v) is 7.54. The molecule has 0 atom stereocenters. The summed E-state index contributed by atoms with van der Waals surface area (Å²) in [6, 6.07) is 16.2. The summed E-state index contributed by atoms with van der Waals surface area (Å²) in [5, 5.41) is 2.66. The van der Waals surface area contributed by atoms with E-state index in [4.69, 9.17) is 14.2 Å². The fourth-order valence-electron chi connectivity index (χ4n) is 1.83. The van der Waals surface area contributed by atoms with Crippen LogP contribution in [0.2, 0.25) is 0 Å². The topological polar surface area (TPSA) is 73.9 Å². The summed E-state index contributed by atoms with van der Waals surface area (Å²) in [5.74, 6) is 0.116. The van der Waals surface area contributed by atoms with E-state index in [1.807, 2.05) is 30.3 Å². The number of carbonyl (C=O) groups is 2. The van der Waals surface area contributed by atoms with Crippen LogP contribution in [0.5, 0.6) is 11.5 Å². The van der Waals surface area contributed by atoms with Crippen molar-refractivity contribution in [1.82, 2.24) is 0 Å².